The van der Waals surface area contributed by atoms with E-state index in [0.717, 1.165) is 12.0 Å². The molecule has 0 N–H and O–H groups in total. The van der Waals surface area contributed by atoms with Gasteiger partial charge in [-0.15, -0.1) is 0 Å². The number of carbonyl (C=O) groups excluding carboxylic acids is 4. The Hall–Kier alpha value is -2.74. The van der Waals surface area contributed by atoms with Crippen LogP contribution in [0.5, 0.6) is 0 Å². The number of esters is 3. The van der Waals surface area contributed by atoms with Crippen LogP contribution in [0.15, 0.2) is 24.3 Å². The molecule has 0 bridgehead atoms. The Balaban J connectivity index is 2.99. The van der Waals surface area contributed by atoms with E-state index in [0.29, 0.717) is 50.9 Å². The van der Waals surface area contributed by atoms with Gasteiger partial charge in [0.1, 0.15) is 22.9 Å². The van der Waals surface area contributed by atoms with Gasteiger partial charge in [-0.1, -0.05) is 19.1 Å². The maximum absolute atomic E-state index is 13.4. The molecule has 0 radical (unpaired) electrons. The number of ether oxygens (including phenoxy) is 4. The van der Waals surface area contributed by atoms with Gasteiger partial charge in [-0.3, -0.25) is 14.4 Å². The largest absolute Gasteiger partial charge is 0.462 e. The van der Waals surface area contributed by atoms with Crippen molar-refractivity contribution in [2.75, 3.05) is 19.8 Å². The minimum atomic E-state index is -1.30. The molecule has 0 amide bonds. The molecule has 0 saturated heterocycles. The van der Waals surface area contributed by atoms with Gasteiger partial charge in [0, 0.05) is 13.5 Å². The SMILES string of the molecule is CCCOCC(CCCC(CCCc1ccc(C(=O)OCC)cc1)(C(C)=O)C(=O)OC(C)(C)C)OC(C)=O. The minimum Gasteiger partial charge on any atom is -0.462 e. The van der Waals surface area contributed by atoms with E-state index in [2.05, 4.69) is 0 Å². The molecule has 8 heteroatoms. The van der Waals surface area contributed by atoms with Crippen LogP contribution < -0.4 is 0 Å². The Labute approximate surface area is 227 Å². The highest BCUT2D eigenvalue weighted by molar-refractivity contribution is 6.02. The molecule has 0 aliphatic rings. The van der Waals surface area contributed by atoms with E-state index in [1.165, 1.54) is 13.8 Å². The second-order valence-corrected chi connectivity index (χ2v) is 10.6. The van der Waals surface area contributed by atoms with Crippen molar-refractivity contribution in [2.24, 2.45) is 5.41 Å². The summed E-state index contributed by atoms with van der Waals surface area (Å²) >= 11 is 0. The van der Waals surface area contributed by atoms with Crippen LogP contribution in [0.3, 0.4) is 0 Å². The highest BCUT2D eigenvalue weighted by Crippen LogP contribution is 2.36. The lowest BCUT2D eigenvalue weighted by Crippen LogP contribution is -2.43. The van der Waals surface area contributed by atoms with Gasteiger partial charge in [-0.25, -0.2) is 4.79 Å². The minimum absolute atomic E-state index is 0.240. The molecule has 0 heterocycles. The molecule has 0 spiro atoms. The molecule has 0 aliphatic heterocycles. The normalized spacial score (nSPS) is 13.8. The van der Waals surface area contributed by atoms with Crippen LogP contribution >= 0.6 is 0 Å². The highest BCUT2D eigenvalue weighted by atomic mass is 16.6. The Morgan fingerprint density at radius 3 is 2.08 bits per heavy atom. The van der Waals surface area contributed by atoms with Crippen LogP contribution in [0.4, 0.5) is 0 Å². The molecular formula is C30H46O8. The molecule has 0 saturated carbocycles. The van der Waals surface area contributed by atoms with E-state index >= 15 is 0 Å². The van der Waals surface area contributed by atoms with Crippen molar-refractivity contribution >= 4 is 23.7 Å². The second kappa shape index (κ2) is 16.3. The smallest absolute Gasteiger partial charge is 0.338 e. The van der Waals surface area contributed by atoms with E-state index in [-0.39, 0.29) is 24.8 Å². The highest BCUT2D eigenvalue weighted by Gasteiger charge is 2.45. The average Bonchev–Trinajstić information content (AvgIpc) is 2.82. The number of aryl methyl sites for hydroxylation is 1. The predicted octanol–water partition coefficient (Wildman–Crippen LogP) is 5.63. The van der Waals surface area contributed by atoms with Gasteiger partial charge >= 0.3 is 17.9 Å². The third-order valence-electron chi connectivity index (χ3n) is 6.11. The van der Waals surface area contributed by atoms with Gasteiger partial charge in [-0.2, -0.15) is 0 Å². The average molecular weight is 535 g/mol. The first-order valence-electron chi connectivity index (χ1n) is 13.6. The lowest BCUT2D eigenvalue weighted by atomic mass is 9.74. The van der Waals surface area contributed by atoms with Crippen molar-refractivity contribution in [1.29, 1.82) is 0 Å². The molecule has 1 aromatic rings. The summed E-state index contributed by atoms with van der Waals surface area (Å²) in [4.78, 5) is 49.9. The maximum Gasteiger partial charge on any atom is 0.338 e. The maximum atomic E-state index is 13.4. The molecule has 2 unspecified atom stereocenters. The van der Waals surface area contributed by atoms with Crippen LogP contribution in [0.2, 0.25) is 0 Å². The summed E-state index contributed by atoms with van der Waals surface area (Å²) in [6, 6.07) is 7.15. The summed E-state index contributed by atoms with van der Waals surface area (Å²) in [6.45, 7) is 13.0. The number of hydrogen-bond donors (Lipinski definition) is 0. The topological polar surface area (TPSA) is 105 Å². The van der Waals surface area contributed by atoms with Gasteiger partial charge in [0.05, 0.1) is 18.8 Å². The fourth-order valence-electron chi connectivity index (χ4n) is 4.22. The first kappa shape index (κ1) is 33.3. The molecule has 38 heavy (non-hydrogen) atoms. The fourth-order valence-corrected chi connectivity index (χ4v) is 4.22. The van der Waals surface area contributed by atoms with Crippen LogP contribution in [-0.2, 0) is 39.8 Å². The zero-order chi connectivity index (χ0) is 28.8. The Morgan fingerprint density at radius 2 is 1.55 bits per heavy atom. The van der Waals surface area contributed by atoms with Crippen molar-refractivity contribution in [3.8, 4) is 0 Å². The summed E-state index contributed by atoms with van der Waals surface area (Å²) in [5, 5.41) is 0. The Bertz CT molecular complexity index is 900. The van der Waals surface area contributed by atoms with E-state index in [1.807, 2.05) is 19.1 Å². The van der Waals surface area contributed by atoms with Crippen molar-refractivity contribution in [3.63, 3.8) is 0 Å². The molecule has 214 valence electrons. The first-order chi connectivity index (χ1) is 17.8. The number of ketones is 1. The van der Waals surface area contributed by atoms with Crippen LogP contribution in [0.25, 0.3) is 0 Å². The molecule has 8 nitrogen and oxygen atoms in total. The van der Waals surface area contributed by atoms with E-state index < -0.39 is 29.1 Å². The quantitative estimate of drug-likeness (QED) is 0.110. The van der Waals surface area contributed by atoms with E-state index in [9.17, 15) is 19.2 Å². The van der Waals surface area contributed by atoms with Crippen LogP contribution in [-0.4, -0.2) is 55.2 Å². The van der Waals surface area contributed by atoms with Crippen LogP contribution in [0, 0.1) is 5.41 Å². The number of benzene rings is 1. The Kier molecular flexibility index (Phi) is 14.3. The Morgan fingerprint density at radius 1 is 0.921 bits per heavy atom. The lowest BCUT2D eigenvalue weighted by molar-refractivity contribution is -0.172. The zero-order valence-corrected chi connectivity index (χ0v) is 24.2. The van der Waals surface area contributed by atoms with Gasteiger partial charge in [0.25, 0.3) is 0 Å². The van der Waals surface area contributed by atoms with Gasteiger partial charge in [0.2, 0.25) is 0 Å². The number of hydrogen-bond acceptors (Lipinski definition) is 8. The van der Waals surface area contributed by atoms with Gasteiger partial charge < -0.3 is 18.9 Å². The van der Waals surface area contributed by atoms with Crippen molar-refractivity contribution in [2.45, 2.75) is 105 Å². The number of rotatable bonds is 17. The third-order valence-corrected chi connectivity index (χ3v) is 6.11. The first-order valence-corrected chi connectivity index (χ1v) is 13.6. The molecular weight excluding hydrogens is 488 g/mol. The van der Waals surface area contributed by atoms with Crippen molar-refractivity contribution < 1.29 is 38.1 Å². The molecule has 0 aromatic heterocycles. The van der Waals surface area contributed by atoms with Gasteiger partial charge in [0.15, 0.2) is 0 Å². The van der Waals surface area contributed by atoms with Crippen molar-refractivity contribution in [1.82, 2.24) is 0 Å². The molecule has 1 rings (SSSR count). The summed E-state index contributed by atoms with van der Waals surface area (Å²) in [7, 11) is 0. The third kappa shape index (κ3) is 11.8. The fraction of sp³-hybridized carbons (Fsp3) is 0.667. The number of Topliss-reactive ketones (excluding diaryl/α,β-unsaturated/α-hetero) is 1. The van der Waals surface area contributed by atoms with Crippen LogP contribution in [0.1, 0.15) is 103 Å². The van der Waals surface area contributed by atoms with E-state index in [4.69, 9.17) is 18.9 Å². The number of carbonyl (C=O) groups is 4. The summed E-state index contributed by atoms with van der Waals surface area (Å²) in [5.41, 5.74) is -0.576. The summed E-state index contributed by atoms with van der Waals surface area (Å²) in [6.07, 6.45) is 3.17. The standard InChI is InChI=1S/C30H46O8/c1-8-20-35-21-26(37-23(4)32)13-11-19-30(22(3)31,28(34)38-29(5,6)7)18-10-12-24-14-16-25(17-15-24)27(33)36-9-2/h14-17,26H,8-13,18-21H2,1-7H3. The molecule has 2 atom stereocenters. The second-order valence-electron chi connectivity index (χ2n) is 10.6. The molecule has 0 fully saturated rings. The predicted molar refractivity (Wildman–Crippen MR) is 145 cm³/mol. The van der Waals surface area contributed by atoms with E-state index in [1.54, 1.807) is 39.8 Å². The zero-order valence-electron chi connectivity index (χ0n) is 24.2. The summed E-state index contributed by atoms with van der Waals surface area (Å²) < 4.78 is 21.7. The molecule has 1 aromatic carbocycles. The summed E-state index contributed by atoms with van der Waals surface area (Å²) in [5.74, 6) is -1.53. The monoisotopic (exact) mass is 534 g/mol. The van der Waals surface area contributed by atoms with Crippen molar-refractivity contribution in [3.05, 3.63) is 35.4 Å². The van der Waals surface area contributed by atoms with Gasteiger partial charge in [-0.05, 0) is 97.3 Å². The lowest BCUT2D eigenvalue weighted by Gasteiger charge is -2.33. The molecule has 0 aliphatic carbocycles.